The van der Waals surface area contributed by atoms with E-state index >= 15 is 0 Å². The number of ether oxygens (including phenoxy) is 1. The first-order valence-electron chi connectivity index (χ1n) is 7.03. The van der Waals surface area contributed by atoms with Crippen LogP contribution in [0.25, 0.3) is 0 Å². The van der Waals surface area contributed by atoms with Gasteiger partial charge in [0.25, 0.3) is 0 Å². The normalized spacial score (nSPS) is 24.9. The second kappa shape index (κ2) is 5.10. The van der Waals surface area contributed by atoms with E-state index in [1.165, 1.54) is 0 Å². The molecule has 1 aromatic carbocycles. The molecule has 104 valence electrons. The van der Waals surface area contributed by atoms with E-state index in [-0.39, 0.29) is 5.78 Å². The first-order valence-corrected chi connectivity index (χ1v) is 7.41. The Morgan fingerprint density at radius 3 is 2.95 bits per heavy atom. The van der Waals surface area contributed by atoms with Crippen LogP contribution in [0.1, 0.15) is 36.8 Å². The van der Waals surface area contributed by atoms with E-state index in [4.69, 9.17) is 16.3 Å². The molecule has 1 fully saturated rings. The molecule has 0 amide bonds. The second-order valence-corrected chi connectivity index (χ2v) is 6.09. The molecule has 0 bridgehead atoms. The molecule has 0 spiro atoms. The summed E-state index contributed by atoms with van der Waals surface area (Å²) in [6, 6.07) is 6.03. The van der Waals surface area contributed by atoms with Crippen molar-refractivity contribution in [2.24, 2.45) is 5.41 Å². The first-order chi connectivity index (χ1) is 9.64. The summed E-state index contributed by atoms with van der Waals surface area (Å²) in [5.41, 5.74) is 1.11. The Morgan fingerprint density at radius 2 is 2.20 bits per heavy atom. The molecule has 0 aromatic heterocycles. The van der Waals surface area contributed by atoms with Crippen molar-refractivity contribution in [3.05, 3.63) is 28.3 Å². The number of hydrogen-bond donors (Lipinski definition) is 0. The number of hydrogen-bond acceptors (Lipinski definition) is 3. The van der Waals surface area contributed by atoms with Crippen molar-refractivity contribution in [3.8, 4) is 11.8 Å². The van der Waals surface area contributed by atoms with Crippen molar-refractivity contribution < 1.29 is 9.53 Å². The summed E-state index contributed by atoms with van der Waals surface area (Å²) < 4.78 is 5.67. The molecule has 1 aliphatic heterocycles. The largest absolute Gasteiger partial charge is 0.493 e. The van der Waals surface area contributed by atoms with Crippen molar-refractivity contribution in [1.29, 1.82) is 5.26 Å². The Labute approximate surface area is 123 Å². The van der Waals surface area contributed by atoms with Crippen molar-refractivity contribution >= 4 is 17.4 Å². The maximum absolute atomic E-state index is 12.2. The lowest BCUT2D eigenvalue weighted by molar-refractivity contribution is -0.128. The summed E-state index contributed by atoms with van der Waals surface area (Å²) in [6.45, 7) is 0.649. The molecule has 0 N–H and O–H groups in total. The predicted molar refractivity (Wildman–Crippen MR) is 75.9 cm³/mol. The molecular weight excluding hydrogens is 274 g/mol. The molecular formula is C16H16ClNO2. The monoisotopic (exact) mass is 289 g/mol. The zero-order valence-corrected chi connectivity index (χ0v) is 12.0. The predicted octanol–water partition coefficient (Wildman–Crippen LogP) is 3.47. The molecule has 1 unspecified atom stereocenters. The maximum atomic E-state index is 12.2. The topological polar surface area (TPSA) is 50.1 Å². The zero-order chi connectivity index (χ0) is 14.2. The summed E-state index contributed by atoms with van der Waals surface area (Å²) >= 11 is 6.15. The number of carbonyl (C=O) groups excluding carboxylic acids is 1. The number of Topliss-reactive ketones (excluding diaryl/α,β-unsaturated/α-hetero) is 1. The fourth-order valence-corrected chi connectivity index (χ4v) is 3.50. The standard InChI is InChI=1S/C16H16ClNO2/c17-13-7-11-4-6-20-15(11)12(8-13)9-16(10-18)5-2-1-3-14(16)19/h7-8H,1-6,9H2. The van der Waals surface area contributed by atoms with Crippen LogP contribution in [-0.2, 0) is 17.6 Å². The lowest BCUT2D eigenvalue weighted by atomic mass is 9.70. The van der Waals surface area contributed by atoms with Crippen LogP contribution < -0.4 is 4.74 Å². The van der Waals surface area contributed by atoms with E-state index in [2.05, 4.69) is 6.07 Å². The molecule has 2 aliphatic rings. The fourth-order valence-electron chi connectivity index (χ4n) is 3.24. The number of halogens is 1. The lowest BCUT2D eigenvalue weighted by Gasteiger charge is -2.29. The summed E-state index contributed by atoms with van der Waals surface area (Å²) in [5.74, 6) is 0.903. The molecule has 1 aliphatic carbocycles. The quantitative estimate of drug-likeness (QED) is 0.837. The van der Waals surface area contributed by atoms with Crippen LogP contribution in [0.3, 0.4) is 0 Å². The van der Waals surface area contributed by atoms with Crippen LogP contribution in [-0.4, -0.2) is 12.4 Å². The van der Waals surface area contributed by atoms with Gasteiger partial charge in [-0.15, -0.1) is 0 Å². The molecule has 1 heterocycles. The third-order valence-corrected chi connectivity index (χ3v) is 4.54. The summed E-state index contributed by atoms with van der Waals surface area (Å²) in [6.07, 6.45) is 4.25. The summed E-state index contributed by atoms with van der Waals surface area (Å²) in [4.78, 5) is 12.2. The van der Waals surface area contributed by atoms with E-state index < -0.39 is 5.41 Å². The third-order valence-electron chi connectivity index (χ3n) is 4.32. The van der Waals surface area contributed by atoms with E-state index in [1.807, 2.05) is 12.1 Å². The number of nitrogens with zero attached hydrogens (tertiary/aromatic N) is 1. The van der Waals surface area contributed by atoms with E-state index in [1.54, 1.807) is 0 Å². The van der Waals surface area contributed by atoms with Gasteiger partial charge in [0.1, 0.15) is 11.2 Å². The number of benzene rings is 1. The van der Waals surface area contributed by atoms with Gasteiger partial charge in [0.15, 0.2) is 5.78 Å². The van der Waals surface area contributed by atoms with Gasteiger partial charge in [0.2, 0.25) is 0 Å². The number of nitriles is 1. The molecule has 4 heteroatoms. The Kier molecular flexibility index (Phi) is 3.43. The molecule has 1 atom stereocenters. The molecule has 1 aromatic rings. The van der Waals surface area contributed by atoms with Gasteiger partial charge >= 0.3 is 0 Å². The van der Waals surface area contributed by atoms with Crippen molar-refractivity contribution in [3.63, 3.8) is 0 Å². The van der Waals surface area contributed by atoms with Crippen LogP contribution in [0.2, 0.25) is 5.02 Å². The zero-order valence-electron chi connectivity index (χ0n) is 11.2. The Balaban J connectivity index is 1.98. The van der Waals surface area contributed by atoms with E-state index in [0.29, 0.717) is 30.9 Å². The average molecular weight is 290 g/mol. The van der Waals surface area contributed by atoms with Crippen LogP contribution in [0.5, 0.6) is 5.75 Å². The van der Waals surface area contributed by atoms with Crippen LogP contribution >= 0.6 is 11.6 Å². The van der Waals surface area contributed by atoms with Gasteiger partial charge in [-0.3, -0.25) is 4.79 Å². The van der Waals surface area contributed by atoms with Crippen LogP contribution in [0.4, 0.5) is 0 Å². The lowest BCUT2D eigenvalue weighted by Crippen LogP contribution is -2.35. The van der Waals surface area contributed by atoms with Gasteiger partial charge in [0.05, 0.1) is 12.7 Å². The number of ketones is 1. The van der Waals surface area contributed by atoms with E-state index in [0.717, 1.165) is 36.1 Å². The van der Waals surface area contributed by atoms with E-state index in [9.17, 15) is 10.1 Å². The molecule has 3 nitrogen and oxygen atoms in total. The van der Waals surface area contributed by atoms with Crippen molar-refractivity contribution in [2.45, 2.75) is 38.5 Å². The minimum atomic E-state index is -0.886. The number of rotatable bonds is 2. The molecule has 1 saturated carbocycles. The fraction of sp³-hybridized carbons (Fsp3) is 0.500. The SMILES string of the molecule is N#CC1(Cc2cc(Cl)cc3c2OCC3)CCCCC1=O. The minimum absolute atomic E-state index is 0.0676. The Bertz CT molecular complexity index is 605. The second-order valence-electron chi connectivity index (χ2n) is 5.65. The molecule has 0 radical (unpaired) electrons. The highest BCUT2D eigenvalue weighted by molar-refractivity contribution is 6.30. The molecule has 0 saturated heterocycles. The summed E-state index contributed by atoms with van der Waals surface area (Å²) in [5, 5.41) is 10.2. The maximum Gasteiger partial charge on any atom is 0.153 e. The van der Waals surface area contributed by atoms with Gasteiger partial charge in [-0.1, -0.05) is 18.0 Å². The Hall–Kier alpha value is -1.53. The van der Waals surface area contributed by atoms with Gasteiger partial charge in [0, 0.05) is 24.3 Å². The molecule has 20 heavy (non-hydrogen) atoms. The van der Waals surface area contributed by atoms with Gasteiger partial charge in [-0.25, -0.2) is 0 Å². The highest BCUT2D eigenvalue weighted by Gasteiger charge is 2.41. The number of carbonyl (C=O) groups is 1. The van der Waals surface area contributed by atoms with Crippen LogP contribution in [0, 0.1) is 16.7 Å². The highest BCUT2D eigenvalue weighted by atomic mass is 35.5. The average Bonchev–Trinajstić information content (AvgIpc) is 2.89. The highest BCUT2D eigenvalue weighted by Crippen LogP contribution is 2.41. The smallest absolute Gasteiger partial charge is 0.153 e. The van der Waals surface area contributed by atoms with Crippen LogP contribution in [0.15, 0.2) is 12.1 Å². The molecule has 3 rings (SSSR count). The number of fused-ring (bicyclic) bond motifs is 1. The van der Waals surface area contributed by atoms with Gasteiger partial charge < -0.3 is 4.74 Å². The third kappa shape index (κ3) is 2.19. The van der Waals surface area contributed by atoms with Gasteiger partial charge in [-0.05, 0) is 36.1 Å². The first kappa shape index (κ1) is 13.5. The van der Waals surface area contributed by atoms with Crippen molar-refractivity contribution in [2.75, 3.05) is 6.61 Å². The van der Waals surface area contributed by atoms with Gasteiger partial charge in [-0.2, -0.15) is 5.26 Å². The minimum Gasteiger partial charge on any atom is -0.493 e. The summed E-state index contributed by atoms with van der Waals surface area (Å²) in [7, 11) is 0. The Morgan fingerprint density at radius 1 is 1.35 bits per heavy atom. The van der Waals surface area contributed by atoms with Crippen molar-refractivity contribution in [1.82, 2.24) is 0 Å².